The van der Waals surface area contributed by atoms with Crippen molar-refractivity contribution in [2.75, 3.05) is 32.8 Å². The molecular formula is C12H20N4O2. The summed E-state index contributed by atoms with van der Waals surface area (Å²) in [4.78, 5) is 8.42. The summed E-state index contributed by atoms with van der Waals surface area (Å²) in [6, 6.07) is 0. The van der Waals surface area contributed by atoms with E-state index < -0.39 is 5.60 Å². The van der Waals surface area contributed by atoms with Crippen molar-refractivity contribution in [2.24, 2.45) is 0 Å². The van der Waals surface area contributed by atoms with Crippen LogP contribution in [0.4, 0.5) is 0 Å². The summed E-state index contributed by atoms with van der Waals surface area (Å²) < 4.78 is 5.35. The van der Waals surface area contributed by atoms with Gasteiger partial charge in [-0.15, -0.1) is 0 Å². The summed E-state index contributed by atoms with van der Waals surface area (Å²) in [5, 5.41) is 16.6. The van der Waals surface area contributed by atoms with Gasteiger partial charge in [0.2, 0.25) is 0 Å². The minimum Gasteiger partial charge on any atom is -0.385 e. The highest BCUT2D eigenvalue weighted by Gasteiger charge is 2.28. The van der Waals surface area contributed by atoms with Gasteiger partial charge >= 0.3 is 0 Å². The number of rotatable bonds is 4. The maximum Gasteiger partial charge on any atom is 0.113 e. The van der Waals surface area contributed by atoms with E-state index in [1.807, 2.05) is 6.92 Å². The highest BCUT2D eigenvalue weighted by atomic mass is 16.5. The Morgan fingerprint density at radius 2 is 2.39 bits per heavy atom. The number of nitrogens with zero attached hydrogens (tertiary/aromatic N) is 2. The second-order valence-corrected chi connectivity index (χ2v) is 4.71. The quantitative estimate of drug-likeness (QED) is 0.653. The summed E-state index contributed by atoms with van der Waals surface area (Å²) in [5.74, 6) is 0. The van der Waals surface area contributed by atoms with E-state index in [-0.39, 0.29) is 0 Å². The van der Waals surface area contributed by atoms with Gasteiger partial charge in [0.1, 0.15) is 5.60 Å². The third-order valence-corrected chi connectivity index (χ3v) is 2.84. The lowest BCUT2D eigenvalue weighted by atomic mass is 10.1. The monoisotopic (exact) mass is 252 g/mol. The lowest BCUT2D eigenvalue weighted by molar-refractivity contribution is -0.0264. The fraction of sp³-hybridized carbons (Fsp3) is 0.667. The van der Waals surface area contributed by atoms with Crippen LogP contribution < -0.4 is 10.6 Å². The zero-order valence-corrected chi connectivity index (χ0v) is 10.6. The maximum absolute atomic E-state index is 10.3. The molecule has 0 radical (unpaired) electrons. The molecule has 0 aliphatic carbocycles. The van der Waals surface area contributed by atoms with Gasteiger partial charge in [0.15, 0.2) is 0 Å². The van der Waals surface area contributed by atoms with Crippen molar-refractivity contribution < 1.29 is 9.84 Å². The van der Waals surface area contributed by atoms with Crippen molar-refractivity contribution in [1.29, 1.82) is 0 Å². The van der Waals surface area contributed by atoms with Gasteiger partial charge in [-0.3, -0.25) is 9.97 Å². The summed E-state index contributed by atoms with van der Waals surface area (Å²) in [7, 11) is 0. The topological polar surface area (TPSA) is 79.3 Å². The van der Waals surface area contributed by atoms with Gasteiger partial charge in [0, 0.05) is 38.6 Å². The van der Waals surface area contributed by atoms with Crippen LogP contribution in [0.1, 0.15) is 11.4 Å². The van der Waals surface area contributed by atoms with Gasteiger partial charge in [0.25, 0.3) is 0 Å². The SMILES string of the molecule is Cc1cnc(CNCC2(O)CNCCOC2)cn1. The van der Waals surface area contributed by atoms with Crippen molar-refractivity contribution in [3.05, 3.63) is 23.8 Å². The van der Waals surface area contributed by atoms with E-state index in [1.165, 1.54) is 0 Å². The highest BCUT2D eigenvalue weighted by molar-refractivity contribution is 5.00. The molecule has 1 aliphatic rings. The zero-order chi connectivity index (χ0) is 12.8. The summed E-state index contributed by atoms with van der Waals surface area (Å²) in [6.07, 6.45) is 3.48. The summed E-state index contributed by atoms with van der Waals surface area (Å²) >= 11 is 0. The lowest BCUT2D eigenvalue weighted by Crippen LogP contribution is -2.50. The van der Waals surface area contributed by atoms with Crippen molar-refractivity contribution in [2.45, 2.75) is 19.1 Å². The molecule has 18 heavy (non-hydrogen) atoms. The largest absolute Gasteiger partial charge is 0.385 e. The van der Waals surface area contributed by atoms with Crippen LogP contribution in [0.15, 0.2) is 12.4 Å². The normalized spacial score (nSPS) is 24.8. The summed E-state index contributed by atoms with van der Waals surface area (Å²) in [5.41, 5.74) is 0.916. The summed E-state index contributed by atoms with van der Waals surface area (Å²) in [6.45, 7) is 5.29. The number of aliphatic hydroxyl groups is 1. The second-order valence-electron chi connectivity index (χ2n) is 4.71. The average molecular weight is 252 g/mol. The van der Waals surface area contributed by atoms with E-state index in [2.05, 4.69) is 20.6 Å². The fourth-order valence-electron chi connectivity index (χ4n) is 1.83. The Morgan fingerprint density at radius 1 is 1.50 bits per heavy atom. The van der Waals surface area contributed by atoms with Crippen LogP contribution in [0, 0.1) is 6.92 Å². The Hall–Kier alpha value is -1.08. The van der Waals surface area contributed by atoms with Crippen molar-refractivity contribution in [1.82, 2.24) is 20.6 Å². The molecule has 1 unspecified atom stereocenters. The molecule has 1 saturated heterocycles. The van der Waals surface area contributed by atoms with Crippen LogP contribution in [0.25, 0.3) is 0 Å². The van der Waals surface area contributed by atoms with Crippen LogP contribution in [0.5, 0.6) is 0 Å². The van der Waals surface area contributed by atoms with Crippen LogP contribution >= 0.6 is 0 Å². The molecule has 0 aromatic carbocycles. The molecule has 2 heterocycles. The van der Waals surface area contributed by atoms with Crippen LogP contribution in [0.3, 0.4) is 0 Å². The van der Waals surface area contributed by atoms with Crippen LogP contribution in [-0.2, 0) is 11.3 Å². The van der Waals surface area contributed by atoms with Crippen molar-refractivity contribution in [3.63, 3.8) is 0 Å². The van der Waals surface area contributed by atoms with Crippen molar-refractivity contribution >= 4 is 0 Å². The Labute approximate surface area is 107 Å². The molecular weight excluding hydrogens is 232 g/mol. The Balaban J connectivity index is 1.78. The molecule has 1 fully saturated rings. The second kappa shape index (κ2) is 6.19. The molecule has 100 valence electrons. The number of aromatic nitrogens is 2. The maximum atomic E-state index is 10.3. The smallest absolute Gasteiger partial charge is 0.113 e. The third kappa shape index (κ3) is 3.99. The molecule has 1 aromatic heterocycles. The lowest BCUT2D eigenvalue weighted by Gasteiger charge is -2.26. The van der Waals surface area contributed by atoms with Crippen LogP contribution in [-0.4, -0.2) is 53.5 Å². The van der Waals surface area contributed by atoms with E-state index >= 15 is 0 Å². The minimum absolute atomic E-state index is 0.354. The fourth-order valence-corrected chi connectivity index (χ4v) is 1.83. The van der Waals surface area contributed by atoms with Crippen LogP contribution in [0.2, 0.25) is 0 Å². The Kier molecular flexibility index (Phi) is 4.60. The van der Waals surface area contributed by atoms with Gasteiger partial charge < -0.3 is 20.5 Å². The third-order valence-electron chi connectivity index (χ3n) is 2.84. The molecule has 3 N–H and O–H groups in total. The standard InChI is InChI=1S/C12H20N4O2/c1-10-4-16-11(6-15-10)5-14-8-12(17)7-13-2-3-18-9-12/h4,6,13-14,17H,2-3,5,7-9H2,1H3. The predicted octanol–water partition coefficient (Wildman–Crippen LogP) is -0.774. The predicted molar refractivity (Wildman–Crippen MR) is 67.1 cm³/mol. The first kappa shape index (κ1) is 13.4. The van der Waals surface area contributed by atoms with Gasteiger partial charge in [-0.05, 0) is 6.92 Å². The molecule has 0 saturated carbocycles. The molecule has 6 nitrogen and oxygen atoms in total. The first-order chi connectivity index (χ1) is 8.68. The first-order valence-corrected chi connectivity index (χ1v) is 6.17. The number of nitrogens with one attached hydrogen (secondary N) is 2. The number of aryl methyl sites for hydroxylation is 1. The Morgan fingerprint density at radius 3 is 3.17 bits per heavy atom. The number of ether oxygens (including phenoxy) is 1. The van der Waals surface area contributed by atoms with E-state index in [1.54, 1.807) is 12.4 Å². The minimum atomic E-state index is -0.853. The molecule has 0 amide bonds. The Bertz CT molecular complexity index is 361. The van der Waals surface area contributed by atoms with E-state index in [0.717, 1.165) is 17.9 Å². The molecule has 1 atom stereocenters. The zero-order valence-electron chi connectivity index (χ0n) is 10.6. The van der Waals surface area contributed by atoms with Gasteiger partial charge in [-0.25, -0.2) is 0 Å². The van der Waals surface area contributed by atoms with Gasteiger partial charge in [-0.2, -0.15) is 0 Å². The molecule has 0 spiro atoms. The van der Waals surface area contributed by atoms with Crippen molar-refractivity contribution in [3.8, 4) is 0 Å². The number of hydrogen-bond donors (Lipinski definition) is 3. The average Bonchev–Trinajstić information content (AvgIpc) is 2.57. The molecule has 6 heteroatoms. The molecule has 2 rings (SSSR count). The molecule has 1 aromatic rings. The molecule has 0 bridgehead atoms. The van der Waals surface area contributed by atoms with E-state index in [9.17, 15) is 5.11 Å². The van der Waals surface area contributed by atoms with E-state index in [0.29, 0.717) is 32.8 Å². The number of hydrogen-bond acceptors (Lipinski definition) is 6. The highest BCUT2D eigenvalue weighted by Crippen LogP contribution is 2.05. The molecule has 1 aliphatic heterocycles. The van der Waals surface area contributed by atoms with Gasteiger partial charge in [-0.1, -0.05) is 0 Å². The van der Waals surface area contributed by atoms with E-state index in [4.69, 9.17) is 4.74 Å². The first-order valence-electron chi connectivity index (χ1n) is 6.17. The number of β-amino-alcohol motifs (C(OH)–C–C–N with tert-alkyl or cyclic N) is 1. The van der Waals surface area contributed by atoms with Gasteiger partial charge in [0.05, 0.1) is 24.6 Å².